The summed E-state index contributed by atoms with van der Waals surface area (Å²) < 4.78 is 35.0. The second kappa shape index (κ2) is 9.65. The van der Waals surface area contributed by atoms with Gasteiger partial charge in [0.15, 0.2) is 0 Å². The van der Waals surface area contributed by atoms with E-state index in [4.69, 9.17) is 10.5 Å². The largest absolute Gasteiger partial charge is 0.434 e. The van der Waals surface area contributed by atoms with Crippen LogP contribution in [0.3, 0.4) is 0 Å². The molecular weight excluding hydrogens is 278 g/mol. The fourth-order valence-corrected chi connectivity index (χ4v) is 2.29. The lowest BCUT2D eigenvalue weighted by Gasteiger charge is -2.31. The normalized spacial score (nSPS) is 12.9. The Bertz CT molecular complexity index is 405. The van der Waals surface area contributed by atoms with Crippen molar-refractivity contribution < 1.29 is 18.3 Å². The Hall–Kier alpha value is -1.24. The molecule has 120 valence electrons. The highest BCUT2D eigenvalue weighted by Gasteiger charge is 2.22. The molecule has 2 N–H and O–H groups in total. The van der Waals surface area contributed by atoms with E-state index in [1.54, 1.807) is 24.3 Å². The van der Waals surface area contributed by atoms with Gasteiger partial charge in [-0.3, -0.25) is 4.90 Å². The minimum atomic E-state index is -2.84. The molecule has 0 heterocycles. The van der Waals surface area contributed by atoms with Crippen LogP contribution >= 0.6 is 0 Å². The summed E-state index contributed by atoms with van der Waals surface area (Å²) in [6.45, 7) is 4.09. The number of hydrogen-bond acceptors (Lipinski definition) is 4. The van der Waals surface area contributed by atoms with Gasteiger partial charge in [-0.15, -0.1) is 0 Å². The summed E-state index contributed by atoms with van der Waals surface area (Å²) in [4.78, 5) is 2.10. The molecule has 0 aliphatic heterocycles. The molecule has 0 aromatic heterocycles. The third-order valence-corrected chi connectivity index (χ3v) is 3.29. The van der Waals surface area contributed by atoms with Gasteiger partial charge in [0, 0.05) is 25.3 Å². The molecule has 1 atom stereocenters. The molecule has 0 spiro atoms. The van der Waals surface area contributed by atoms with Gasteiger partial charge >= 0.3 is 6.61 Å². The lowest BCUT2D eigenvalue weighted by molar-refractivity contribution is -0.0512. The Kier molecular flexibility index (Phi) is 8.19. The van der Waals surface area contributed by atoms with Gasteiger partial charge in [0.2, 0.25) is 0 Å². The fourth-order valence-electron chi connectivity index (χ4n) is 2.29. The SMILES string of the molecule is CCOCCN(CC)C(CN)c1ccccc1OC(F)F. The second-order valence-electron chi connectivity index (χ2n) is 4.49. The van der Waals surface area contributed by atoms with Crippen molar-refractivity contribution in [2.45, 2.75) is 26.5 Å². The van der Waals surface area contributed by atoms with Crippen molar-refractivity contribution in [2.24, 2.45) is 5.73 Å². The molecule has 0 fully saturated rings. The third-order valence-electron chi connectivity index (χ3n) is 3.29. The monoisotopic (exact) mass is 302 g/mol. The zero-order valence-corrected chi connectivity index (χ0v) is 12.6. The van der Waals surface area contributed by atoms with Gasteiger partial charge in [-0.25, -0.2) is 0 Å². The highest BCUT2D eigenvalue weighted by Crippen LogP contribution is 2.29. The Morgan fingerprint density at radius 3 is 2.52 bits per heavy atom. The summed E-state index contributed by atoms with van der Waals surface area (Å²) in [5.41, 5.74) is 6.54. The maximum Gasteiger partial charge on any atom is 0.387 e. The molecule has 1 unspecified atom stereocenters. The fraction of sp³-hybridized carbons (Fsp3) is 0.600. The van der Waals surface area contributed by atoms with Crippen LogP contribution in [0, 0.1) is 0 Å². The number of rotatable bonds is 10. The quantitative estimate of drug-likeness (QED) is 0.675. The predicted octanol–water partition coefficient (Wildman–Crippen LogP) is 2.65. The van der Waals surface area contributed by atoms with Crippen molar-refractivity contribution in [1.29, 1.82) is 0 Å². The molecule has 0 aliphatic rings. The van der Waals surface area contributed by atoms with Gasteiger partial charge in [0.05, 0.1) is 12.6 Å². The number of hydrogen-bond donors (Lipinski definition) is 1. The Morgan fingerprint density at radius 1 is 1.24 bits per heavy atom. The van der Waals surface area contributed by atoms with Crippen LogP contribution < -0.4 is 10.5 Å². The van der Waals surface area contributed by atoms with Crippen LogP contribution in [0.5, 0.6) is 5.75 Å². The van der Waals surface area contributed by atoms with E-state index in [1.807, 2.05) is 13.8 Å². The number of ether oxygens (including phenoxy) is 2. The molecule has 0 amide bonds. The zero-order chi connectivity index (χ0) is 15.7. The van der Waals surface area contributed by atoms with Crippen molar-refractivity contribution >= 4 is 0 Å². The van der Waals surface area contributed by atoms with E-state index in [-0.39, 0.29) is 11.8 Å². The molecule has 0 radical (unpaired) electrons. The number of likely N-dealkylation sites (N-methyl/N-ethyl adjacent to an activating group) is 1. The summed E-state index contributed by atoms with van der Waals surface area (Å²) in [5.74, 6) is 0.179. The highest BCUT2D eigenvalue weighted by atomic mass is 19.3. The molecule has 6 heteroatoms. The van der Waals surface area contributed by atoms with Crippen molar-refractivity contribution in [1.82, 2.24) is 4.90 Å². The molecule has 0 saturated carbocycles. The molecule has 21 heavy (non-hydrogen) atoms. The van der Waals surface area contributed by atoms with Gasteiger partial charge in [-0.2, -0.15) is 8.78 Å². The number of nitrogens with zero attached hydrogens (tertiary/aromatic N) is 1. The maximum absolute atomic E-state index is 12.5. The smallest absolute Gasteiger partial charge is 0.387 e. The zero-order valence-electron chi connectivity index (χ0n) is 12.6. The van der Waals surface area contributed by atoms with Crippen molar-refractivity contribution in [3.05, 3.63) is 29.8 Å². The Labute approximate surface area is 124 Å². The first-order valence-corrected chi connectivity index (χ1v) is 7.19. The number of benzene rings is 1. The van der Waals surface area contributed by atoms with E-state index in [0.29, 0.717) is 31.9 Å². The Morgan fingerprint density at radius 2 is 1.95 bits per heavy atom. The summed E-state index contributed by atoms with van der Waals surface area (Å²) in [5, 5.41) is 0. The number of para-hydroxylation sites is 1. The van der Waals surface area contributed by atoms with Crippen LogP contribution in [0.2, 0.25) is 0 Å². The van der Waals surface area contributed by atoms with Gasteiger partial charge in [0.25, 0.3) is 0 Å². The molecular formula is C15H24F2N2O2. The standard InChI is InChI=1S/C15H24F2N2O2/c1-3-19(9-10-20-4-2)13(11-18)12-7-5-6-8-14(12)21-15(16)17/h5-8,13,15H,3-4,9-11,18H2,1-2H3. The summed E-state index contributed by atoms with van der Waals surface area (Å²) in [7, 11) is 0. The molecule has 1 aromatic rings. The first-order valence-electron chi connectivity index (χ1n) is 7.19. The van der Waals surface area contributed by atoms with Gasteiger partial charge in [0.1, 0.15) is 5.75 Å². The third kappa shape index (κ3) is 5.57. The van der Waals surface area contributed by atoms with Gasteiger partial charge in [-0.05, 0) is 19.5 Å². The Balaban J connectivity index is 2.91. The van der Waals surface area contributed by atoms with Gasteiger partial charge in [-0.1, -0.05) is 25.1 Å². The lowest BCUT2D eigenvalue weighted by atomic mass is 10.0. The predicted molar refractivity (Wildman–Crippen MR) is 78.6 cm³/mol. The lowest BCUT2D eigenvalue weighted by Crippen LogP contribution is -2.36. The van der Waals surface area contributed by atoms with Crippen LogP contribution in [-0.2, 0) is 4.74 Å². The maximum atomic E-state index is 12.5. The number of halogens is 2. The second-order valence-corrected chi connectivity index (χ2v) is 4.49. The van der Waals surface area contributed by atoms with Crippen LogP contribution in [0.4, 0.5) is 8.78 Å². The minimum Gasteiger partial charge on any atom is -0.434 e. The number of alkyl halides is 2. The van der Waals surface area contributed by atoms with Crippen molar-refractivity contribution in [3.8, 4) is 5.75 Å². The summed E-state index contributed by atoms with van der Waals surface area (Å²) in [6.07, 6.45) is 0. The molecule has 0 bridgehead atoms. The molecule has 0 saturated heterocycles. The van der Waals surface area contributed by atoms with E-state index in [1.165, 1.54) is 0 Å². The summed E-state index contributed by atoms with van der Waals surface area (Å²) >= 11 is 0. The van der Waals surface area contributed by atoms with Crippen LogP contribution in [0.15, 0.2) is 24.3 Å². The average Bonchev–Trinajstić information content (AvgIpc) is 2.47. The van der Waals surface area contributed by atoms with Gasteiger partial charge < -0.3 is 15.2 Å². The van der Waals surface area contributed by atoms with Crippen LogP contribution in [-0.4, -0.2) is 44.4 Å². The molecule has 1 aromatic carbocycles. The number of nitrogens with two attached hydrogens (primary N) is 1. The van der Waals surface area contributed by atoms with E-state index in [2.05, 4.69) is 9.64 Å². The first kappa shape index (κ1) is 17.8. The molecule has 0 aliphatic carbocycles. The minimum absolute atomic E-state index is 0.176. The van der Waals surface area contributed by atoms with E-state index in [9.17, 15) is 8.78 Å². The average molecular weight is 302 g/mol. The van der Waals surface area contributed by atoms with Crippen molar-refractivity contribution in [2.75, 3.05) is 32.8 Å². The van der Waals surface area contributed by atoms with E-state index < -0.39 is 6.61 Å². The van der Waals surface area contributed by atoms with E-state index >= 15 is 0 Å². The molecule has 4 nitrogen and oxygen atoms in total. The van der Waals surface area contributed by atoms with E-state index in [0.717, 1.165) is 6.54 Å². The first-order chi connectivity index (χ1) is 10.1. The summed E-state index contributed by atoms with van der Waals surface area (Å²) in [6, 6.07) is 6.61. The van der Waals surface area contributed by atoms with Crippen LogP contribution in [0.25, 0.3) is 0 Å². The van der Waals surface area contributed by atoms with Crippen molar-refractivity contribution in [3.63, 3.8) is 0 Å². The van der Waals surface area contributed by atoms with Crippen LogP contribution in [0.1, 0.15) is 25.5 Å². The topological polar surface area (TPSA) is 47.7 Å². The molecule has 1 rings (SSSR count). The highest BCUT2D eigenvalue weighted by molar-refractivity contribution is 5.36.